The minimum Gasteiger partial charge on any atom is -0.478 e. The second-order valence-electron chi connectivity index (χ2n) is 4.39. The van der Waals surface area contributed by atoms with Crippen LogP contribution < -0.4 is 0 Å². The standard InChI is InChI=1S/C15H9NO4S/c17-14(18)9-3-1-8(2-4-9)13-16-11-6-5-10(15(19)20)7-12(11)21-13/h1-7H,(H,17,18)(H,19,20). The molecule has 2 N–H and O–H groups in total. The summed E-state index contributed by atoms with van der Waals surface area (Å²) in [5.74, 6) is -1.95. The number of aromatic nitrogens is 1. The predicted octanol–water partition coefficient (Wildman–Crippen LogP) is 3.36. The van der Waals surface area contributed by atoms with Gasteiger partial charge in [-0.05, 0) is 30.3 Å². The molecule has 0 fully saturated rings. The van der Waals surface area contributed by atoms with Crippen LogP contribution in [0.4, 0.5) is 0 Å². The molecule has 1 heterocycles. The average molecular weight is 299 g/mol. The van der Waals surface area contributed by atoms with Gasteiger partial charge in [0, 0.05) is 5.56 Å². The van der Waals surface area contributed by atoms with Crippen molar-refractivity contribution in [3.63, 3.8) is 0 Å². The highest BCUT2D eigenvalue weighted by Crippen LogP contribution is 2.30. The van der Waals surface area contributed by atoms with Crippen LogP contribution in [0.1, 0.15) is 20.7 Å². The molecule has 0 unspecified atom stereocenters. The Morgan fingerprint density at radius 1 is 0.905 bits per heavy atom. The minimum absolute atomic E-state index is 0.216. The van der Waals surface area contributed by atoms with Gasteiger partial charge in [0.1, 0.15) is 5.01 Å². The van der Waals surface area contributed by atoms with Crippen molar-refractivity contribution >= 4 is 33.5 Å². The Balaban J connectivity index is 2.04. The molecular weight excluding hydrogens is 290 g/mol. The van der Waals surface area contributed by atoms with Gasteiger partial charge in [0.25, 0.3) is 0 Å². The second kappa shape index (κ2) is 4.99. The summed E-state index contributed by atoms with van der Waals surface area (Å²) < 4.78 is 0.784. The van der Waals surface area contributed by atoms with Crippen molar-refractivity contribution in [2.24, 2.45) is 0 Å². The molecule has 0 amide bonds. The van der Waals surface area contributed by atoms with Crippen molar-refractivity contribution in [2.75, 3.05) is 0 Å². The fourth-order valence-electron chi connectivity index (χ4n) is 1.94. The molecule has 0 saturated carbocycles. The Morgan fingerprint density at radius 3 is 2.14 bits per heavy atom. The third-order valence-electron chi connectivity index (χ3n) is 3.01. The maximum Gasteiger partial charge on any atom is 0.335 e. The molecule has 21 heavy (non-hydrogen) atoms. The molecule has 0 spiro atoms. The van der Waals surface area contributed by atoms with Gasteiger partial charge in [-0.25, -0.2) is 14.6 Å². The molecule has 104 valence electrons. The van der Waals surface area contributed by atoms with Crippen LogP contribution in [0.3, 0.4) is 0 Å². The van der Waals surface area contributed by atoms with E-state index in [2.05, 4.69) is 4.98 Å². The highest BCUT2D eigenvalue weighted by molar-refractivity contribution is 7.21. The van der Waals surface area contributed by atoms with E-state index in [1.54, 1.807) is 24.3 Å². The largest absolute Gasteiger partial charge is 0.478 e. The summed E-state index contributed by atoms with van der Waals surface area (Å²) in [6.45, 7) is 0. The zero-order valence-corrected chi connectivity index (χ0v) is 11.4. The number of nitrogens with zero attached hydrogens (tertiary/aromatic N) is 1. The number of benzene rings is 2. The molecule has 0 atom stereocenters. The van der Waals surface area contributed by atoms with E-state index in [0.29, 0.717) is 0 Å². The summed E-state index contributed by atoms with van der Waals surface area (Å²) in [7, 11) is 0. The van der Waals surface area contributed by atoms with Crippen molar-refractivity contribution in [2.45, 2.75) is 0 Å². The number of hydrogen-bond acceptors (Lipinski definition) is 4. The number of aromatic carboxylic acids is 2. The van der Waals surface area contributed by atoms with Crippen molar-refractivity contribution in [1.29, 1.82) is 0 Å². The Bertz CT molecular complexity index is 852. The van der Waals surface area contributed by atoms with Crippen LogP contribution in [0, 0.1) is 0 Å². The van der Waals surface area contributed by atoms with E-state index in [1.165, 1.54) is 29.5 Å². The molecular formula is C15H9NO4S. The number of carboxylic acid groups (broad SMARTS) is 2. The molecule has 0 bridgehead atoms. The average Bonchev–Trinajstić information content (AvgIpc) is 2.90. The summed E-state index contributed by atoms with van der Waals surface area (Å²) in [4.78, 5) is 26.2. The van der Waals surface area contributed by atoms with Crippen LogP contribution in [0.5, 0.6) is 0 Å². The number of rotatable bonds is 3. The molecule has 0 saturated heterocycles. The quantitative estimate of drug-likeness (QED) is 0.774. The van der Waals surface area contributed by atoms with Crippen LogP contribution in [-0.4, -0.2) is 27.1 Å². The second-order valence-corrected chi connectivity index (χ2v) is 5.42. The van der Waals surface area contributed by atoms with Crippen LogP contribution >= 0.6 is 11.3 Å². The minimum atomic E-state index is -0.975. The molecule has 2 aromatic carbocycles. The van der Waals surface area contributed by atoms with Gasteiger partial charge < -0.3 is 10.2 Å². The van der Waals surface area contributed by atoms with Gasteiger partial charge >= 0.3 is 11.9 Å². The van der Waals surface area contributed by atoms with Crippen LogP contribution in [0.2, 0.25) is 0 Å². The normalized spacial score (nSPS) is 10.7. The lowest BCUT2D eigenvalue weighted by Crippen LogP contribution is -1.94. The zero-order chi connectivity index (χ0) is 15.0. The van der Waals surface area contributed by atoms with Gasteiger partial charge in [0.05, 0.1) is 21.3 Å². The topological polar surface area (TPSA) is 87.5 Å². The number of thiazole rings is 1. The Morgan fingerprint density at radius 2 is 1.52 bits per heavy atom. The molecule has 3 rings (SSSR count). The zero-order valence-electron chi connectivity index (χ0n) is 10.6. The fraction of sp³-hybridized carbons (Fsp3) is 0. The summed E-state index contributed by atoms with van der Waals surface area (Å²) >= 11 is 1.37. The van der Waals surface area contributed by atoms with E-state index >= 15 is 0 Å². The lowest BCUT2D eigenvalue weighted by Gasteiger charge is -1.97. The molecule has 0 radical (unpaired) electrons. The first kappa shape index (κ1) is 13.3. The van der Waals surface area contributed by atoms with Crippen LogP contribution in [0.25, 0.3) is 20.8 Å². The van der Waals surface area contributed by atoms with E-state index in [9.17, 15) is 9.59 Å². The number of carbonyl (C=O) groups is 2. The van der Waals surface area contributed by atoms with Crippen molar-refractivity contribution < 1.29 is 19.8 Å². The third kappa shape index (κ3) is 2.48. The first-order valence-corrected chi connectivity index (χ1v) is 6.84. The molecule has 5 nitrogen and oxygen atoms in total. The molecule has 0 aliphatic heterocycles. The van der Waals surface area contributed by atoms with Gasteiger partial charge in [0.15, 0.2) is 0 Å². The Kier molecular flexibility index (Phi) is 3.15. The van der Waals surface area contributed by atoms with Gasteiger partial charge in [-0.2, -0.15) is 0 Å². The SMILES string of the molecule is O=C(O)c1ccc(-c2nc3ccc(C(=O)O)cc3s2)cc1. The third-order valence-corrected chi connectivity index (χ3v) is 4.08. The fourth-order valence-corrected chi connectivity index (χ4v) is 2.95. The number of carboxylic acids is 2. The van der Waals surface area contributed by atoms with E-state index in [1.807, 2.05) is 0 Å². The molecule has 3 aromatic rings. The van der Waals surface area contributed by atoms with E-state index in [4.69, 9.17) is 10.2 Å². The summed E-state index contributed by atoms with van der Waals surface area (Å²) in [5, 5.41) is 18.6. The van der Waals surface area contributed by atoms with Gasteiger partial charge in [-0.1, -0.05) is 12.1 Å². The summed E-state index contributed by atoms with van der Waals surface area (Å²) in [6.07, 6.45) is 0. The highest BCUT2D eigenvalue weighted by atomic mass is 32.1. The Labute approximate surface area is 123 Å². The van der Waals surface area contributed by atoms with Crippen molar-refractivity contribution in [1.82, 2.24) is 4.98 Å². The maximum absolute atomic E-state index is 11.0. The lowest BCUT2D eigenvalue weighted by atomic mass is 10.1. The van der Waals surface area contributed by atoms with E-state index in [0.717, 1.165) is 20.8 Å². The van der Waals surface area contributed by atoms with Crippen molar-refractivity contribution in [3.8, 4) is 10.6 Å². The van der Waals surface area contributed by atoms with E-state index in [-0.39, 0.29) is 11.1 Å². The van der Waals surface area contributed by atoms with Crippen molar-refractivity contribution in [3.05, 3.63) is 53.6 Å². The number of hydrogen-bond donors (Lipinski definition) is 2. The first-order chi connectivity index (χ1) is 10.0. The summed E-state index contributed by atoms with van der Waals surface area (Å²) in [5.41, 5.74) is 1.97. The highest BCUT2D eigenvalue weighted by Gasteiger charge is 2.10. The van der Waals surface area contributed by atoms with Gasteiger partial charge in [-0.15, -0.1) is 11.3 Å². The van der Waals surface area contributed by atoms with E-state index < -0.39 is 11.9 Å². The molecule has 0 aliphatic rings. The monoisotopic (exact) mass is 299 g/mol. The Hall–Kier alpha value is -2.73. The summed E-state index contributed by atoms with van der Waals surface area (Å²) in [6, 6.07) is 11.2. The molecule has 6 heteroatoms. The van der Waals surface area contributed by atoms with Gasteiger partial charge in [0.2, 0.25) is 0 Å². The predicted molar refractivity (Wildman–Crippen MR) is 79.0 cm³/mol. The van der Waals surface area contributed by atoms with Crippen LogP contribution in [0.15, 0.2) is 42.5 Å². The lowest BCUT2D eigenvalue weighted by molar-refractivity contribution is 0.0686. The maximum atomic E-state index is 11.0. The molecule has 0 aliphatic carbocycles. The first-order valence-electron chi connectivity index (χ1n) is 6.02. The number of fused-ring (bicyclic) bond motifs is 1. The molecule has 1 aromatic heterocycles. The van der Waals surface area contributed by atoms with Gasteiger partial charge in [-0.3, -0.25) is 0 Å². The smallest absolute Gasteiger partial charge is 0.335 e. The van der Waals surface area contributed by atoms with Crippen LogP contribution in [-0.2, 0) is 0 Å².